The Hall–Kier alpha value is -3.09. The molecule has 0 atom stereocenters. The average molecular weight is 327 g/mol. The first-order valence-electron chi connectivity index (χ1n) is 7.50. The first-order chi connectivity index (χ1) is 11.7. The van der Waals surface area contributed by atoms with Crippen molar-refractivity contribution in [1.82, 2.24) is 4.98 Å². The summed E-state index contributed by atoms with van der Waals surface area (Å²) in [5.74, 6) is 0.601. The highest BCUT2D eigenvalue weighted by atomic mass is 16.5. The third-order valence-corrected chi connectivity index (χ3v) is 3.61. The van der Waals surface area contributed by atoms with Crippen LogP contribution in [0.3, 0.4) is 0 Å². The molecule has 7 nitrogen and oxygen atoms in total. The molecule has 0 saturated heterocycles. The molecule has 124 valence electrons. The Labute approximate surface area is 139 Å². The molecule has 0 saturated carbocycles. The van der Waals surface area contributed by atoms with Crippen molar-refractivity contribution in [2.24, 2.45) is 0 Å². The Balaban J connectivity index is 1.65. The number of aromatic nitrogens is 1. The van der Waals surface area contributed by atoms with E-state index in [1.165, 1.54) is 7.11 Å². The van der Waals surface area contributed by atoms with Crippen molar-refractivity contribution in [2.45, 2.75) is 6.42 Å². The Morgan fingerprint density at radius 2 is 2.17 bits per heavy atom. The minimum atomic E-state index is -0.224. The smallest absolute Gasteiger partial charge is 0.265 e. The van der Waals surface area contributed by atoms with Gasteiger partial charge in [0.2, 0.25) is 11.8 Å². The predicted octanol–water partition coefficient (Wildman–Crippen LogP) is 1.84. The number of hydrogen-bond donors (Lipinski definition) is 1. The maximum absolute atomic E-state index is 12.2. The van der Waals surface area contributed by atoms with Gasteiger partial charge in [0.05, 0.1) is 12.8 Å². The van der Waals surface area contributed by atoms with Crippen molar-refractivity contribution in [3.8, 4) is 11.6 Å². The van der Waals surface area contributed by atoms with E-state index in [2.05, 4.69) is 10.3 Å². The molecule has 0 radical (unpaired) electrons. The second-order valence-corrected chi connectivity index (χ2v) is 5.16. The van der Waals surface area contributed by atoms with Crippen LogP contribution in [0.5, 0.6) is 11.6 Å². The van der Waals surface area contributed by atoms with Crippen LogP contribution < -0.4 is 19.7 Å². The van der Waals surface area contributed by atoms with Gasteiger partial charge in [0.1, 0.15) is 11.4 Å². The lowest BCUT2D eigenvalue weighted by atomic mass is 10.2. The molecule has 24 heavy (non-hydrogen) atoms. The summed E-state index contributed by atoms with van der Waals surface area (Å²) in [5.41, 5.74) is 1.18. The van der Waals surface area contributed by atoms with Crippen molar-refractivity contribution >= 4 is 23.2 Å². The largest absolute Gasteiger partial charge is 0.482 e. The molecule has 0 fully saturated rings. The number of ether oxygens (including phenoxy) is 2. The molecule has 2 aromatic rings. The van der Waals surface area contributed by atoms with Gasteiger partial charge in [-0.1, -0.05) is 12.1 Å². The lowest BCUT2D eigenvalue weighted by Gasteiger charge is -2.29. The number of hydrogen-bond acceptors (Lipinski definition) is 5. The molecule has 2 heterocycles. The number of fused-ring (bicyclic) bond motifs is 1. The molecule has 1 aromatic carbocycles. The van der Waals surface area contributed by atoms with Crippen LogP contribution in [0.4, 0.5) is 11.4 Å². The second kappa shape index (κ2) is 6.99. The van der Waals surface area contributed by atoms with Crippen molar-refractivity contribution in [3.63, 3.8) is 0 Å². The minimum absolute atomic E-state index is 0.0188. The zero-order chi connectivity index (χ0) is 16.9. The fourth-order valence-corrected chi connectivity index (χ4v) is 2.47. The van der Waals surface area contributed by atoms with Gasteiger partial charge in [0.25, 0.3) is 5.91 Å². The number of carbonyl (C=O) groups excluding carboxylic acids is 2. The van der Waals surface area contributed by atoms with Gasteiger partial charge in [0, 0.05) is 19.2 Å². The Kier molecular flexibility index (Phi) is 4.60. The van der Waals surface area contributed by atoms with E-state index in [9.17, 15) is 9.59 Å². The first kappa shape index (κ1) is 15.8. The van der Waals surface area contributed by atoms with Gasteiger partial charge < -0.3 is 19.7 Å². The Bertz CT molecular complexity index is 763. The van der Waals surface area contributed by atoms with E-state index in [1.54, 1.807) is 35.4 Å². The second-order valence-electron chi connectivity index (χ2n) is 5.16. The highest BCUT2D eigenvalue weighted by molar-refractivity contribution is 5.99. The van der Waals surface area contributed by atoms with E-state index < -0.39 is 0 Å². The molecule has 1 N–H and O–H groups in total. The highest BCUT2D eigenvalue weighted by Crippen LogP contribution is 2.31. The summed E-state index contributed by atoms with van der Waals surface area (Å²) in [7, 11) is 1.49. The van der Waals surface area contributed by atoms with E-state index in [0.29, 0.717) is 23.0 Å². The molecule has 1 aromatic heterocycles. The number of rotatable bonds is 5. The molecule has 2 amide bonds. The molecular formula is C17H17N3O4. The van der Waals surface area contributed by atoms with E-state index in [-0.39, 0.29) is 31.4 Å². The summed E-state index contributed by atoms with van der Waals surface area (Å²) >= 11 is 0. The summed E-state index contributed by atoms with van der Waals surface area (Å²) in [6.45, 7) is 0.253. The third kappa shape index (κ3) is 3.29. The fraction of sp³-hybridized carbons (Fsp3) is 0.235. The number of pyridine rings is 1. The Morgan fingerprint density at radius 3 is 3.00 bits per heavy atom. The number of methoxy groups -OCH3 is 1. The van der Waals surface area contributed by atoms with Gasteiger partial charge in [-0.3, -0.25) is 9.59 Å². The van der Waals surface area contributed by atoms with Crippen LogP contribution in [-0.4, -0.2) is 37.1 Å². The van der Waals surface area contributed by atoms with Gasteiger partial charge in [-0.15, -0.1) is 0 Å². The lowest BCUT2D eigenvalue weighted by molar-refractivity contribution is -0.121. The van der Waals surface area contributed by atoms with E-state index >= 15 is 0 Å². The summed E-state index contributed by atoms with van der Waals surface area (Å²) in [6, 6.07) is 10.7. The molecule has 0 unspecified atom stereocenters. The normalized spacial score (nSPS) is 13.0. The number of nitrogens with zero attached hydrogens (tertiary/aromatic N) is 2. The van der Waals surface area contributed by atoms with Gasteiger partial charge in [-0.05, 0) is 24.3 Å². The monoisotopic (exact) mass is 327 g/mol. The molecule has 0 bridgehead atoms. The van der Waals surface area contributed by atoms with Crippen LogP contribution in [0.25, 0.3) is 0 Å². The topological polar surface area (TPSA) is 80.8 Å². The number of para-hydroxylation sites is 2. The third-order valence-electron chi connectivity index (χ3n) is 3.61. The van der Waals surface area contributed by atoms with Crippen molar-refractivity contribution < 1.29 is 19.1 Å². The van der Waals surface area contributed by atoms with Crippen molar-refractivity contribution in [2.75, 3.05) is 30.5 Å². The quantitative estimate of drug-likeness (QED) is 0.906. The number of anilines is 2. The van der Waals surface area contributed by atoms with Crippen LogP contribution in [0.2, 0.25) is 0 Å². The van der Waals surface area contributed by atoms with Gasteiger partial charge in [0.15, 0.2) is 6.61 Å². The number of nitrogens with one attached hydrogen (secondary N) is 1. The molecular weight excluding hydrogens is 310 g/mol. The standard InChI is InChI=1S/C17H17N3O4/c1-23-17-12(5-4-9-18-17)19-15(21)8-10-20-13-6-2-3-7-14(13)24-11-16(20)22/h2-7,9H,8,10-11H2,1H3,(H,19,21). The molecule has 0 spiro atoms. The van der Waals surface area contributed by atoms with Crippen LogP contribution >= 0.6 is 0 Å². The zero-order valence-electron chi connectivity index (χ0n) is 13.2. The average Bonchev–Trinajstić information content (AvgIpc) is 2.61. The van der Waals surface area contributed by atoms with Crippen LogP contribution in [-0.2, 0) is 9.59 Å². The number of amides is 2. The zero-order valence-corrected chi connectivity index (χ0v) is 13.2. The Morgan fingerprint density at radius 1 is 1.33 bits per heavy atom. The maximum Gasteiger partial charge on any atom is 0.265 e. The van der Waals surface area contributed by atoms with E-state index in [0.717, 1.165) is 0 Å². The van der Waals surface area contributed by atoms with Gasteiger partial charge in [-0.25, -0.2) is 4.98 Å². The molecule has 7 heteroatoms. The van der Waals surface area contributed by atoms with Crippen LogP contribution in [0.1, 0.15) is 6.42 Å². The van der Waals surface area contributed by atoms with Gasteiger partial charge >= 0.3 is 0 Å². The van der Waals surface area contributed by atoms with Crippen molar-refractivity contribution in [3.05, 3.63) is 42.6 Å². The molecule has 0 aliphatic carbocycles. The summed E-state index contributed by atoms with van der Waals surface area (Å²) in [5, 5.41) is 2.74. The molecule has 3 rings (SSSR count). The summed E-state index contributed by atoms with van der Waals surface area (Å²) in [4.78, 5) is 29.8. The van der Waals surface area contributed by atoms with E-state index in [4.69, 9.17) is 9.47 Å². The van der Waals surface area contributed by atoms with Gasteiger partial charge in [-0.2, -0.15) is 0 Å². The number of benzene rings is 1. The predicted molar refractivity (Wildman–Crippen MR) is 88.3 cm³/mol. The van der Waals surface area contributed by atoms with E-state index in [1.807, 2.05) is 12.1 Å². The number of carbonyl (C=O) groups is 2. The summed E-state index contributed by atoms with van der Waals surface area (Å²) in [6.07, 6.45) is 1.73. The fourth-order valence-electron chi connectivity index (χ4n) is 2.47. The highest BCUT2D eigenvalue weighted by Gasteiger charge is 2.25. The van der Waals surface area contributed by atoms with Crippen LogP contribution in [0, 0.1) is 0 Å². The van der Waals surface area contributed by atoms with Crippen LogP contribution in [0.15, 0.2) is 42.6 Å². The lowest BCUT2D eigenvalue weighted by Crippen LogP contribution is -2.40. The first-order valence-corrected chi connectivity index (χ1v) is 7.50. The van der Waals surface area contributed by atoms with Crippen molar-refractivity contribution in [1.29, 1.82) is 0 Å². The summed E-state index contributed by atoms with van der Waals surface area (Å²) < 4.78 is 10.5. The maximum atomic E-state index is 12.2. The SMILES string of the molecule is COc1ncccc1NC(=O)CCN1C(=O)COc2ccccc21. The molecule has 1 aliphatic rings. The molecule has 1 aliphatic heterocycles. The minimum Gasteiger partial charge on any atom is -0.482 e.